The maximum absolute atomic E-state index is 11.8. The second-order valence-corrected chi connectivity index (χ2v) is 7.83. The van der Waals surface area contributed by atoms with Gasteiger partial charge in [-0.1, -0.05) is 77.9 Å². The Morgan fingerprint density at radius 2 is 1.09 bits per heavy atom. The summed E-state index contributed by atoms with van der Waals surface area (Å²) in [5.41, 5.74) is 7.35. The number of hydrogen-bond acceptors (Lipinski definition) is 2. The zero-order valence-electron chi connectivity index (χ0n) is 18.2. The van der Waals surface area contributed by atoms with Crippen LogP contribution < -0.4 is 4.90 Å². The van der Waals surface area contributed by atoms with Gasteiger partial charge in [-0.05, 0) is 67.4 Å². The highest BCUT2D eigenvalue weighted by Crippen LogP contribution is 2.35. The van der Waals surface area contributed by atoms with E-state index in [1.54, 1.807) is 6.08 Å². The molecule has 0 bridgehead atoms. The van der Waals surface area contributed by atoms with Crippen LogP contribution in [0.4, 0.5) is 17.1 Å². The molecule has 0 saturated carbocycles. The summed E-state index contributed by atoms with van der Waals surface area (Å²) in [5, 5.41) is 9.70. The molecule has 0 saturated heterocycles. The van der Waals surface area contributed by atoms with E-state index in [0.717, 1.165) is 22.6 Å². The van der Waals surface area contributed by atoms with Crippen LogP contribution in [-0.2, 0) is 4.79 Å². The van der Waals surface area contributed by atoms with Crippen molar-refractivity contribution < 1.29 is 9.90 Å². The highest BCUT2D eigenvalue weighted by atomic mass is 16.4. The lowest BCUT2D eigenvalue weighted by molar-refractivity contribution is -0.130. The summed E-state index contributed by atoms with van der Waals surface area (Å²) >= 11 is 0. The van der Waals surface area contributed by atoms with E-state index in [4.69, 9.17) is 0 Å². The minimum atomic E-state index is -0.943. The van der Waals surface area contributed by atoms with Crippen molar-refractivity contribution in [3.8, 4) is 0 Å². The molecule has 0 amide bonds. The van der Waals surface area contributed by atoms with Crippen LogP contribution in [0.3, 0.4) is 0 Å². The van der Waals surface area contributed by atoms with Crippen molar-refractivity contribution in [3.63, 3.8) is 0 Å². The summed E-state index contributed by atoms with van der Waals surface area (Å²) in [5.74, 6) is -0.943. The summed E-state index contributed by atoms with van der Waals surface area (Å²) in [6.07, 6.45) is 1.71. The van der Waals surface area contributed by atoms with Gasteiger partial charge in [-0.15, -0.1) is 0 Å². The van der Waals surface area contributed by atoms with Crippen molar-refractivity contribution in [3.05, 3.63) is 125 Å². The molecule has 158 valence electrons. The molecule has 0 unspecified atom stereocenters. The Morgan fingerprint density at radius 3 is 1.53 bits per heavy atom. The number of carboxylic acid groups (broad SMARTS) is 1. The number of rotatable bonds is 6. The van der Waals surface area contributed by atoms with Crippen molar-refractivity contribution in [2.45, 2.75) is 13.8 Å². The van der Waals surface area contributed by atoms with E-state index < -0.39 is 5.97 Å². The van der Waals surface area contributed by atoms with Crippen LogP contribution in [0.25, 0.3) is 11.6 Å². The molecule has 1 N–H and O–H groups in total. The summed E-state index contributed by atoms with van der Waals surface area (Å²) in [6.45, 7) is 4.15. The van der Waals surface area contributed by atoms with Crippen LogP contribution >= 0.6 is 0 Å². The zero-order valence-corrected chi connectivity index (χ0v) is 18.2. The van der Waals surface area contributed by atoms with Gasteiger partial charge < -0.3 is 10.0 Å². The van der Waals surface area contributed by atoms with Crippen LogP contribution in [0.2, 0.25) is 0 Å². The van der Waals surface area contributed by atoms with Gasteiger partial charge in [-0.2, -0.15) is 0 Å². The largest absolute Gasteiger partial charge is 0.478 e. The molecule has 0 heterocycles. The summed E-state index contributed by atoms with van der Waals surface area (Å²) < 4.78 is 0. The first-order valence-electron chi connectivity index (χ1n) is 10.6. The molecule has 0 aromatic heterocycles. The van der Waals surface area contributed by atoms with E-state index in [0.29, 0.717) is 5.56 Å². The molecule has 0 aliphatic carbocycles. The molecule has 0 fully saturated rings. The number of hydrogen-bond donors (Lipinski definition) is 1. The Bertz CT molecular complexity index is 1180. The van der Waals surface area contributed by atoms with Crippen molar-refractivity contribution in [2.75, 3.05) is 4.90 Å². The molecule has 0 atom stereocenters. The second-order valence-electron chi connectivity index (χ2n) is 7.83. The smallest absolute Gasteiger partial charge is 0.336 e. The summed E-state index contributed by atoms with van der Waals surface area (Å²) in [7, 11) is 0. The van der Waals surface area contributed by atoms with Crippen LogP contribution in [0.5, 0.6) is 0 Å². The fourth-order valence-electron chi connectivity index (χ4n) is 3.61. The molecule has 0 spiro atoms. The third-order valence-electron chi connectivity index (χ3n) is 5.36. The van der Waals surface area contributed by atoms with E-state index in [2.05, 4.69) is 67.3 Å². The van der Waals surface area contributed by atoms with Crippen molar-refractivity contribution in [1.29, 1.82) is 0 Å². The van der Waals surface area contributed by atoms with E-state index in [9.17, 15) is 9.90 Å². The Labute approximate surface area is 188 Å². The number of anilines is 3. The van der Waals surface area contributed by atoms with Crippen molar-refractivity contribution in [1.82, 2.24) is 0 Å². The second kappa shape index (κ2) is 9.36. The Morgan fingerprint density at radius 1 is 0.656 bits per heavy atom. The van der Waals surface area contributed by atoms with Gasteiger partial charge in [0, 0.05) is 17.1 Å². The van der Waals surface area contributed by atoms with Gasteiger partial charge in [0.05, 0.1) is 5.57 Å². The Kier molecular flexibility index (Phi) is 6.18. The van der Waals surface area contributed by atoms with Crippen molar-refractivity contribution in [2.24, 2.45) is 0 Å². The van der Waals surface area contributed by atoms with Crippen LogP contribution in [0.1, 0.15) is 22.3 Å². The van der Waals surface area contributed by atoms with Crippen LogP contribution in [-0.4, -0.2) is 11.1 Å². The van der Waals surface area contributed by atoms with Crippen LogP contribution in [0, 0.1) is 13.8 Å². The number of aryl methyl sites for hydroxylation is 2. The lowest BCUT2D eigenvalue weighted by Gasteiger charge is -2.26. The molecule has 0 aliphatic heterocycles. The van der Waals surface area contributed by atoms with E-state index in [-0.39, 0.29) is 5.57 Å². The molecule has 32 heavy (non-hydrogen) atoms. The highest BCUT2D eigenvalue weighted by molar-refractivity contribution is 6.20. The number of benzene rings is 4. The predicted octanol–water partition coefficient (Wildman–Crippen LogP) is 7.40. The number of carbonyl (C=O) groups is 1. The Balaban J connectivity index is 1.73. The zero-order chi connectivity index (χ0) is 22.5. The first-order chi connectivity index (χ1) is 15.5. The first-order valence-corrected chi connectivity index (χ1v) is 10.6. The van der Waals surface area contributed by atoms with E-state index >= 15 is 0 Å². The fraction of sp³-hybridized carbons (Fsp3) is 0.0690. The molecule has 4 aromatic rings. The van der Waals surface area contributed by atoms with E-state index in [1.807, 2.05) is 54.6 Å². The molecule has 4 aromatic carbocycles. The van der Waals surface area contributed by atoms with Gasteiger partial charge in [0.15, 0.2) is 0 Å². The number of nitrogens with zero attached hydrogens (tertiary/aromatic N) is 1. The minimum absolute atomic E-state index is 0.271. The minimum Gasteiger partial charge on any atom is -0.478 e. The van der Waals surface area contributed by atoms with Crippen LogP contribution in [0.15, 0.2) is 103 Å². The lowest BCUT2D eigenvalue weighted by Crippen LogP contribution is -2.09. The third-order valence-corrected chi connectivity index (χ3v) is 5.36. The monoisotopic (exact) mass is 419 g/mol. The SMILES string of the molecule is Cc1ccc(N(c2ccc(C)cc2)c2ccc(/C=C(\C(=O)O)c3ccccc3)cc2)cc1. The average molecular weight is 420 g/mol. The quantitative estimate of drug-likeness (QED) is 0.261. The standard InChI is InChI=1S/C29H25NO2/c1-21-8-14-25(15-9-21)30(26-16-10-22(2)11-17-26)27-18-12-23(13-19-27)20-28(29(31)32)24-6-4-3-5-7-24/h3-20H,1-2H3,(H,31,32)/b28-20-. The van der Waals surface area contributed by atoms with Gasteiger partial charge >= 0.3 is 5.97 Å². The molecular formula is C29H25NO2. The first kappa shape index (κ1) is 21.1. The maximum atomic E-state index is 11.8. The average Bonchev–Trinajstić information content (AvgIpc) is 2.81. The Hall–Kier alpha value is -4.11. The van der Waals surface area contributed by atoms with E-state index in [1.165, 1.54) is 11.1 Å². The molecule has 0 radical (unpaired) electrons. The normalized spacial score (nSPS) is 11.2. The summed E-state index contributed by atoms with van der Waals surface area (Å²) in [4.78, 5) is 14.0. The molecule has 3 heteroatoms. The van der Waals surface area contributed by atoms with Gasteiger partial charge in [0.25, 0.3) is 0 Å². The molecule has 4 rings (SSSR count). The maximum Gasteiger partial charge on any atom is 0.336 e. The van der Waals surface area contributed by atoms with Gasteiger partial charge in [0.2, 0.25) is 0 Å². The molecule has 3 nitrogen and oxygen atoms in total. The molecule has 0 aliphatic rings. The third kappa shape index (κ3) is 4.79. The predicted molar refractivity (Wildman–Crippen MR) is 133 cm³/mol. The fourth-order valence-corrected chi connectivity index (χ4v) is 3.61. The number of aliphatic carboxylic acids is 1. The highest BCUT2D eigenvalue weighted by Gasteiger charge is 2.13. The summed E-state index contributed by atoms with van der Waals surface area (Å²) in [6, 6.07) is 34.0. The lowest BCUT2D eigenvalue weighted by atomic mass is 10.0. The number of carboxylic acids is 1. The molecular weight excluding hydrogens is 394 g/mol. The van der Waals surface area contributed by atoms with Gasteiger partial charge in [-0.3, -0.25) is 0 Å². The van der Waals surface area contributed by atoms with Gasteiger partial charge in [-0.25, -0.2) is 4.79 Å². The topological polar surface area (TPSA) is 40.5 Å². The van der Waals surface area contributed by atoms with Gasteiger partial charge in [0.1, 0.15) is 0 Å². The van der Waals surface area contributed by atoms with Crippen molar-refractivity contribution >= 4 is 34.7 Å².